The number of hydrogen-bond donors (Lipinski definition) is 2. The number of esters is 2. The first-order valence-corrected chi connectivity index (χ1v) is 18.0. The Bertz CT molecular complexity index is 948. The Morgan fingerprint density at radius 1 is 0.696 bits per heavy atom. The van der Waals surface area contributed by atoms with Crippen LogP contribution in [0, 0.1) is 29.6 Å². The van der Waals surface area contributed by atoms with Crippen LogP contribution in [0.15, 0.2) is 47.8 Å². The molecule has 0 unspecified atom stereocenters. The van der Waals surface area contributed by atoms with Crippen LogP contribution in [0.2, 0.25) is 0 Å². The fraction of sp³-hybridized carbons (Fsp3) is 0.744. The van der Waals surface area contributed by atoms with Gasteiger partial charge in [-0.3, -0.25) is 0 Å². The van der Waals surface area contributed by atoms with E-state index in [1.165, 1.54) is 102 Å². The molecule has 0 radical (unpaired) electrons. The highest BCUT2D eigenvalue weighted by atomic mass is 16.6. The largest absolute Gasteiger partial charge is 0.498 e. The minimum absolute atomic E-state index is 0.0592. The van der Waals surface area contributed by atoms with Gasteiger partial charge in [-0.2, -0.15) is 0 Å². The highest BCUT2D eigenvalue weighted by Crippen LogP contribution is 2.43. The first-order valence-electron chi connectivity index (χ1n) is 18.0. The first-order chi connectivity index (χ1) is 22.2. The maximum Gasteiger partial charge on any atom is 0.335 e. The zero-order valence-corrected chi connectivity index (χ0v) is 29.2. The first kappa shape index (κ1) is 39.8. The molecule has 262 valence electrons. The smallest absolute Gasteiger partial charge is 0.335 e. The molecule has 0 saturated heterocycles. The summed E-state index contributed by atoms with van der Waals surface area (Å²) in [6.07, 6.45) is 26.4. The molecule has 0 amide bonds. The topological polar surface area (TPSA) is 102 Å². The molecule has 2 N–H and O–H groups in total. The molecule has 2 aliphatic carbocycles. The number of hydrogen-bond acceptors (Lipinski definition) is 7. The summed E-state index contributed by atoms with van der Waals surface area (Å²) < 4.78 is 16.3. The minimum Gasteiger partial charge on any atom is -0.498 e. The number of aliphatic hydroxyl groups excluding tert-OH is 2. The Hall–Kier alpha value is -2.38. The van der Waals surface area contributed by atoms with Gasteiger partial charge in [0.15, 0.2) is 0 Å². The Morgan fingerprint density at radius 3 is 1.67 bits per heavy atom. The van der Waals surface area contributed by atoms with Crippen molar-refractivity contribution in [2.45, 2.75) is 124 Å². The van der Waals surface area contributed by atoms with Crippen molar-refractivity contribution in [3.63, 3.8) is 0 Å². The van der Waals surface area contributed by atoms with Gasteiger partial charge in [0.05, 0.1) is 42.6 Å². The van der Waals surface area contributed by atoms with Crippen molar-refractivity contribution in [3.05, 3.63) is 47.8 Å². The van der Waals surface area contributed by atoms with Gasteiger partial charge in [0.2, 0.25) is 0 Å². The zero-order chi connectivity index (χ0) is 33.7. The monoisotopic (exact) mass is 644 g/mol. The van der Waals surface area contributed by atoms with E-state index in [-0.39, 0.29) is 31.0 Å². The van der Waals surface area contributed by atoms with E-state index in [0.717, 1.165) is 30.1 Å². The molecule has 2 aliphatic rings. The summed E-state index contributed by atoms with van der Waals surface area (Å²) in [5.74, 6) is 2.57. The van der Waals surface area contributed by atoms with E-state index in [2.05, 4.69) is 33.1 Å². The highest BCUT2D eigenvalue weighted by molar-refractivity contribution is 5.88. The summed E-state index contributed by atoms with van der Waals surface area (Å²) in [6.45, 7) is 12.2. The molecule has 2 saturated carbocycles. The van der Waals surface area contributed by atoms with Gasteiger partial charge in [-0.15, -0.1) is 0 Å². The van der Waals surface area contributed by atoms with Crippen LogP contribution < -0.4 is 0 Å². The number of ether oxygens (including phenoxy) is 3. The molecule has 0 spiro atoms. The molecule has 7 nitrogen and oxygen atoms in total. The summed E-state index contributed by atoms with van der Waals surface area (Å²) in [5, 5.41) is 18.2. The SMILES string of the molecule is C=C(CO)C(=O)OCC(COC(=O)C(=C)CO)CO/C(C)=C/C=C(\C)CCC1CCC(C2CCC(CCCCCCC)CC2)CC1. The normalized spacial score (nSPS) is 22.4. The van der Waals surface area contributed by atoms with E-state index in [1.54, 1.807) is 0 Å². The molecule has 0 atom stereocenters. The Labute approximate surface area is 279 Å². The second-order valence-corrected chi connectivity index (χ2v) is 14.0. The van der Waals surface area contributed by atoms with Crippen molar-refractivity contribution >= 4 is 11.9 Å². The van der Waals surface area contributed by atoms with Gasteiger partial charge in [0, 0.05) is 0 Å². The van der Waals surface area contributed by atoms with Crippen LogP contribution in [0.3, 0.4) is 0 Å². The summed E-state index contributed by atoms with van der Waals surface area (Å²) in [4.78, 5) is 23.8. The van der Waals surface area contributed by atoms with Crippen molar-refractivity contribution < 1.29 is 34.0 Å². The van der Waals surface area contributed by atoms with Crippen molar-refractivity contribution in [2.24, 2.45) is 29.6 Å². The average molecular weight is 645 g/mol. The standard InChI is InChI=1S/C39H64O7/c1-6-7-8-9-10-11-33-16-20-36(21-17-33)37-22-18-34(19-23-37)15-13-29(2)12-14-32(5)44-26-35(27-45-38(42)30(3)24-40)28-46-39(43)31(4)25-41/h12,14,33-37,40-41H,3-4,6-11,13,15-28H2,1-2,5H3/b29-12+,32-14+. The van der Waals surface area contributed by atoms with Crippen molar-refractivity contribution in [1.29, 1.82) is 0 Å². The lowest BCUT2D eigenvalue weighted by Gasteiger charge is -2.38. The predicted molar refractivity (Wildman–Crippen MR) is 185 cm³/mol. The van der Waals surface area contributed by atoms with Crippen LogP contribution >= 0.6 is 0 Å². The molecule has 0 heterocycles. The molecule has 7 heteroatoms. The Morgan fingerprint density at radius 2 is 1.17 bits per heavy atom. The van der Waals surface area contributed by atoms with Gasteiger partial charge in [-0.1, -0.05) is 95.9 Å². The highest BCUT2D eigenvalue weighted by Gasteiger charge is 2.30. The summed E-state index contributed by atoms with van der Waals surface area (Å²) >= 11 is 0. The minimum atomic E-state index is -0.719. The third-order valence-electron chi connectivity index (χ3n) is 10.1. The van der Waals surface area contributed by atoms with Crippen LogP contribution in [-0.4, -0.2) is 55.2 Å². The van der Waals surface area contributed by atoms with Crippen LogP contribution in [0.5, 0.6) is 0 Å². The molecule has 2 fully saturated rings. The molecule has 0 aromatic heterocycles. The van der Waals surface area contributed by atoms with Crippen LogP contribution in [0.25, 0.3) is 0 Å². The quantitative estimate of drug-likeness (QED) is 0.0401. The third kappa shape index (κ3) is 15.9. The van der Waals surface area contributed by atoms with E-state index in [9.17, 15) is 9.59 Å². The van der Waals surface area contributed by atoms with Crippen molar-refractivity contribution in [2.75, 3.05) is 33.0 Å². The third-order valence-corrected chi connectivity index (χ3v) is 10.1. The van der Waals surface area contributed by atoms with Crippen molar-refractivity contribution in [1.82, 2.24) is 0 Å². The van der Waals surface area contributed by atoms with E-state index in [0.29, 0.717) is 5.76 Å². The lowest BCUT2D eigenvalue weighted by atomic mass is 9.68. The number of unbranched alkanes of at least 4 members (excludes halogenated alkanes) is 4. The average Bonchev–Trinajstić information content (AvgIpc) is 3.08. The Kier molecular flexibility index (Phi) is 19.9. The Balaban J connectivity index is 1.70. The number of carbonyl (C=O) groups excluding carboxylic acids is 2. The fourth-order valence-corrected chi connectivity index (χ4v) is 6.87. The lowest BCUT2D eigenvalue weighted by Crippen LogP contribution is -2.26. The van der Waals surface area contributed by atoms with Crippen LogP contribution in [-0.2, 0) is 23.8 Å². The maximum absolute atomic E-state index is 11.9. The second-order valence-electron chi connectivity index (χ2n) is 14.0. The number of allylic oxidation sites excluding steroid dienone is 4. The zero-order valence-electron chi connectivity index (χ0n) is 29.2. The number of carbonyl (C=O) groups is 2. The van der Waals surface area contributed by atoms with Gasteiger partial charge in [0.1, 0.15) is 13.2 Å². The summed E-state index contributed by atoms with van der Waals surface area (Å²) in [6, 6.07) is 0. The van der Waals surface area contributed by atoms with Crippen molar-refractivity contribution in [3.8, 4) is 0 Å². The van der Waals surface area contributed by atoms with E-state index in [1.807, 2.05) is 13.0 Å². The lowest BCUT2D eigenvalue weighted by molar-refractivity contribution is -0.145. The number of aliphatic hydroxyl groups is 2. The molecule has 0 aromatic carbocycles. The van der Waals surface area contributed by atoms with Gasteiger partial charge in [-0.25, -0.2) is 9.59 Å². The number of rotatable bonds is 22. The summed E-state index contributed by atoms with van der Waals surface area (Å²) in [5.41, 5.74) is 1.20. The second kappa shape index (κ2) is 23.0. The molecule has 0 bridgehead atoms. The van der Waals surface area contributed by atoms with E-state index in [4.69, 9.17) is 24.4 Å². The van der Waals surface area contributed by atoms with Gasteiger partial charge < -0.3 is 24.4 Å². The van der Waals surface area contributed by atoms with E-state index >= 15 is 0 Å². The summed E-state index contributed by atoms with van der Waals surface area (Å²) in [7, 11) is 0. The molecular weight excluding hydrogens is 580 g/mol. The fourth-order valence-electron chi connectivity index (χ4n) is 6.87. The van der Waals surface area contributed by atoms with Gasteiger partial charge in [-0.05, 0) is 82.1 Å². The molecule has 0 aliphatic heterocycles. The molecule has 2 rings (SSSR count). The van der Waals surface area contributed by atoms with Crippen LogP contribution in [0.1, 0.15) is 124 Å². The molecular formula is C39H64O7. The maximum atomic E-state index is 11.9. The van der Waals surface area contributed by atoms with Crippen LogP contribution in [0.4, 0.5) is 0 Å². The van der Waals surface area contributed by atoms with Gasteiger partial charge in [0.25, 0.3) is 0 Å². The van der Waals surface area contributed by atoms with Gasteiger partial charge >= 0.3 is 11.9 Å². The molecule has 46 heavy (non-hydrogen) atoms. The van der Waals surface area contributed by atoms with E-state index < -0.39 is 31.1 Å². The predicted octanol–water partition coefficient (Wildman–Crippen LogP) is 8.41. The molecule has 0 aromatic rings.